The van der Waals surface area contributed by atoms with Crippen LogP contribution in [0.5, 0.6) is 0 Å². The Labute approximate surface area is 173 Å². The first-order chi connectivity index (χ1) is 14.2. The van der Waals surface area contributed by atoms with E-state index in [1.54, 1.807) is 12.3 Å². The number of nitrogens with one attached hydrogen (secondary N) is 1. The molecule has 4 rings (SSSR count). The quantitative estimate of drug-likeness (QED) is 0.408. The number of aromatic nitrogens is 1. The molecule has 146 valence electrons. The van der Waals surface area contributed by atoms with Crippen molar-refractivity contribution in [2.75, 3.05) is 5.75 Å². The van der Waals surface area contributed by atoms with Gasteiger partial charge in [-0.05, 0) is 19.1 Å². The standard InChI is InChI=1S/C23H20N2O3S/c1-16(19-13-8-14-27-19)24-20(26)15-29-23-25-21(17-9-4-2-5-10-17)22(28-23)18-11-6-3-7-12-18/h2-14,16H,15H2,1H3,(H,24,26). The lowest BCUT2D eigenvalue weighted by Crippen LogP contribution is -2.27. The summed E-state index contributed by atoms with van der Waals surface area (Å²) in [6.45, 7) is 1.88. The van der Waals surface area contributed by atoms with E-state index in [0.29, 0.717) is 11.0 Å². The van der Waals surface area contributed by atoms with Gasteiger partial charge in [0.2, 0.25) is 5.91 Å². The summed E-state index contributed by atoms with van der Waals surface area (Å²) in [7, 11) is 0. The van der Waals surface area contributed by atoms with Crippen LogP contribution in [0.2, 0.25) is 0 Å². The highest BCUT2D eigenvalue weighted by molar-refractivity contribution is 7.99. The number of hydrogen-bond donors (Lipinski definition) is 1. The van der Waals surface area contributed by atoms with Gasteiger partial charge in [-0.1, -0.05) is 72.4 Å². The molecule has 29 heavy (non-hydrogen) atoms. The van der Waals surface area contributed by atoms with E-state index in [1.807, 2.05) is 73.7 Å². The van der Waals surface area contributed by atoms with Crippen LogP contribution in [0.4, 0.5) is 0 Å². The maximum absolute atomic E-state index is 12.3. The summed E-state index contributed by atoms with van der Waals surface area (Å²) in [6, 6.07) is 23.2. The van der Waals surface area contributed by atoms with E-state index in [2.05, 4.69) is 10.3 Å². The van der Waals surface area contributed by atoms with Crippen molar-refractivity contribution < 1.29 is 13.6 Å². The Balaban J connectivity index is 1.51. The number of benzene rings is 2. The van der Waals surface area contributed by atoms with Crippen molar-refractivity contribution in [2.45, 2.75) is 18.2 Å². The van der Waals surface area contributed by atoms with E-state index < -0.39 is 0 Å². The highest BCUT2D eigenvalue weighted by Crippen LogP contribution is 2.35. The summed E-state index contributed by atoms with van der Waals surface area (Å²) >= 11 is 1.27. The maximum atomic E-state index is 12.3. The lowest BCUT2D eigenvalue weighted by molar-refractivity contribution is -0.119. The van der Waals surface area contributed by atoms with Crippen LogP contribution in [-0.2, 0) is 4.79 Å². The molecule has 0 saturated carbocycles. The van der Waals surface area contributed by atoms with Crippen molar-refractivity contribution in [3.63, 3.8) is 0 Å². The zero-order valence-electron chi connectivity index (χ0n) is 15.9. The van der Waals surface area contributed by atoms with E-state index >= 15 is 0 Å². The number of nitrogens with zero attached hydrogens (tertiary/aromatic N) is 1. The van der Waals surface area contributed by atoms with Crippen molar-refractivity contribution in [3.8, 4) is 22.6 Å². The van der Waals surface area contributed by atoms with E-state index in [1.165, 1.54) is 11.8 Å². The molecule has 0 saturated heterocycles. The second-order valence-corrected chi connectivity index (χ2v) is 7.41. The van der Waals surface area contributed by atoms with Crippen LogP contribution in [-0.4, -0.2) is 16.6 Å². The zero-order valence-corrected chi connectivity index (χ0v) is 16.7. The Morgan fingerprint density at radius 3 is 2.34 bits per heavy atom. The lowest BCUT2D eigenvalue weighted by Gasteiger charge is -2.10. The Morgan fingerprint density at radius 1 is 1.00 bits per heavy atom. The predicted molar refractivity (Wildman–Crippen MR) is 113 cm³/mol. The molecule has 0 aliphatic carbocycles. The molecule has 5 nitrogen and oxygen atoms in total. The monoisotopic (exact) mass is 404 g/mol. The number of carbonyl (C=O) groups is 1. The number of thioether (sulfide) groups is 1. The molecule has 0 aliphatic rings. The Kier molecular flexibility index (Phi) is 5.81. The SMILES string of the molecule is CC(NC(=O)CSc1nc(-c2ccccc2)c(-c2ccccc2)o1)c1ccco1. The van der Waals surface area contributed by atoms with Gasteiger partial charge in [0, 0.05) is 11.1 Å². The number of oxazole rings is 1. The minimum absolute atomic E-state index is 0.111. The number of amides is 1. The van der Waals surface area contributed by atoms with Gasteiger partial charge in [-0.15, -0.1) is 0 Å². The summed E-state index contributed by atoms with van der Waals surface area (Å²) in [4.78, 5) is 17.0. The molecule has 6 heteroatoms. The van der Waals surface area contributed by atoms with Crippen LogP contribution in [0, 0.1) is 0 Å². The molecule has 0 aliphatic heterocycles. The molecule has 0 fully saturated rings. The molecule has 2 aromatic heterocycles. The van der Waals surface area contributed by atoms with Crippen LogP contribution < -0.4 is 5.32 Å². The second kappa shape index (κ2) is 8.84. The van der Waals surface area contributed by atoms with Gasteiger partial charge in [0.25, 0.3) is 5.22 Å². The molecular formula is C23H20N2O3S. The fraction of sp³-hybridized carbons (Fsp3) is 0.130. The molecule has 1 unspecified atom stereocenters. The topological polar surface area (TPSA) is 68.3 Å². The number of hydrogen-bond acceptors (Lipinski definition) is 5. The average Bonchev–Trinajstić information content (AvgIpc) is 3.44. The van der Waals surface area contributed by atoms with Gasteiger partial charge in [-0.3, -0.25) is 4.79 Å². The van der Waals surface area contributed by atoms with E-state index in [4.69, 9.17) is 8.83 Å². The largest absolute Gasteiger partial charge is 0.467 e. The van der Waals surface area contributed by atoms with Crippen molar-refractivity contribution in [1.29, 1.82) is 0 Å². The Bertz CT molecular complexity index is 1000. The molecule has 0 bridgehead atoms. The van der Waals surface area contributed by atoms with Crippen LogP contribution in [0.15, 0.2) is 93.1 Å². The molecule has 0 radical (unpaired) electrons. The third-order valence-electron chi connectivity index (χ3n) is 4.36. The summed E-state index contributed by atoms with van der Waals surface area (Å²) in [5, 5.41) is 3.38. The molecule has 1 atom stereocenters. The van der Waals surface area contributed by atoms with Gasteiger partial charge in [0.05, 0.1) is 18.1 Å². The highest BCUT2D eigenvalue weighted by Gasteiger charge is 2.18. The fourth-order valence-corrected chi connectivity index (χ4v) is 3.59. The smallest absolute Gasteiger partial charge is 0.257 e. The molecule has 2 heterocycles. The van der Waals surface area contributed by atoms with Crippen molar-refractivity contribution >= 4 is 17.7 Å². The Hall–Kier alpha value is -3.25. The minimum atomic E-state index is -0.192. The van der Waals surface area contributed by atoms with Crippen LogP contribution in [0.3, 0.4) is 0 Å². The second-order valence-electron chi connectivity index (χ2n) is 6.48. The normalized spacial score (nSPS) is 11.9. The van der Waals surface area contributed by atoms with Gasteiger partial charge in [0.1, 0.15) is 11.5 Å². The van der Waals surface area contributed by atoms with Crippen LogP contribution >= 0.6 is 11.8 Å². The Morgan fingerprint density at radius 2 is 1.69 bits per heavy atom. The molecule has 4 aromatic rings. The average molecular weight is 404 g/mol. The van der Waals surface area contributed by atoms with Crippen LogP contribution in [0.25, 0.3) is 22.6 Å². The van der Waals surface area contributed by atoms with Gasteiger partial charge < -0.3 is 14.2 Å². The third kappa shape index (κ3) is 4.60. The highest BCUT2D eigenvalue weighted by atomic mass is 32.2. The van der Waals surface area contributed by atoms with E-state index in [0.717, 1.165) is 22.6 Å². The predicted octanol–water partition coefficient (Wildman–Crippen LogP) is 5.57. The number of furan rings is 1. The lowest BCUT2D eigenvalue weighted by atomic mass is 10.1. The molecule has 1 amide bonds. The minimum Gasteiger partial charge on any atom is -0.467 e. The van der Waals surface area contributed by atoms with Gasteiger partial charge >= 0.3 is 0 Å². The summed E-state index contributed by atoms with van der Waals surface area (Å²) in [5.74, 6) is 1.51. The summed E-state index contributed by atoms with van der Waals surface area (Å²) in [6.07, 6.45) is 1.59. The first-order valence-electron chi connectivity index (χ1n) is 9.28. The van der Waals surface area contributed by atoms with Gasteiger partial charge in [-0.2, -0.15) is 0 Å². The third-order valence-corrected chi connectivity index (χ3v) is 5.19. The fourth-order valence-electron chi connectivity index (χ4n) is 2.96. The van der Waals surface area contributed by atoms with E-state index in [9.17, 15) is 4.79 Å². The molecule has 0 spiro atoms. The number of rotatable bonds is 7. The van der Waals surface area contributed by atoms with E-state index in [-0.39, 0.29) is 17.7 Å². The van der Waals surface area contributed by atoms with Crippen molar-refractivity contribution in [2.24, 2.45) is 0 Å². The number of carbonyl (C=O) groups excluding carboxylic acids is 1. The molecule has 1 N–H and O–H groups in total. The van der Waals surface area contributed by atoms with Crippen molar-refractivity contribution in [3.05, 3.63) is 84.8 Å². The zero-order chi connectivity index (χ0) is 20.1. The van der Waals surface area contributed by atoms with Crippen molar-refractivity contribution in [1.82, 2.24) is 10.3 Å². The first kappa shape index (κ1) is 19.1. The van der Waals surface area contributed by atoms with Crippen LogP contribution in [0.1, 0.15) is 18.7 Å². The summed E-state index contributed by atoms with van der Waals surface area (Å²) < 4.78 is 11.4. The maximum Gasteiger partial charge on any atom is 0.257 e. The summed E-state index contributed by atoms with van der Waals surface area (Å²) in [5.41, 5.74) is 2.68. The van der Waals surface area contributed by atoms with Gasteiger partial charge in [-0.25, -0.2) is 4.98 Å². The first-order valence-corrected chi connectivity index (χ1v) is 10.3. The molecule has 2 aromatic carbocycles. The molecular weight excluding hydrogens is 384 g/mol. The van der Waals surface area contributed by atoms with Gasteiger partial charge in [0.15, 0.2) is 5.76 Å².